The fourth-order valence-electron chi connectivity index (χ4n) is 3.25. The summed E-state index contributed by atoms with van der Waals surface area (Å²) in [5.41, 5.74) is 1.17. The minimum atomic E-state index is -0.272. The highest BCUT2D eigenvalue weighted by Crippen LogP contribution is 2.14. The molecule has 1 aromatic carbocycles. The Labute approximate surface area is 159 Å². The predicted octanol–water partition coefficient (Wildman–Crippen LogP) is 0.435. The molecule has 0 radical (unpaired) electrons. The third kappa shape index (κ3) is 5.05. The first kappa shape index (κ1) is 19.3. The van der Waals surface area contributed by atoms with Gasteiger partial charge in [0.1, 0.15) is 0 Å². The summed E-state index contributed by atoms with van der Waals surface area (Å²) in [6.07, 6.45) is 0.254. The van der Waals surface area contributed by atoms with E-state index in [1.54, 1.807) is 0 Å². The van der Waals surface area contributed by atoms with Gasteiger partial charge in [0.25, 0.3) is 5.91 Å². The lowest BCUT2D eigenvalue weighted by atomic mass is 10.2. The van der Waals surface area contributed by atoms with Gasteiger partial charge in [-0.25, -0.2) is 0 Å². The molecule has 2 amide bonds. The highest BCUT2D eigenvalue weighted by molar-refractivity contribution is 6.04. The van der Waals surface area contributed by atoms with Crippen LogP contribution in [-0.4, -0.2) is 84.2 Å². The molecule has 8 heteroatoms. The van der Waals surface area contributed by atoms with Crippen LogP contribution in [0.3, 0.4) is 0 Å². The van der Waals surface area contributed by atoms with Crippen molar-refractivity contribution >= 4 is 22.7 Å². The molecule has 1 aromatic heterocycles. The van der Waals surface area contributed by atoms with Gasteiger partial charge in [0.05, 0.1) is 5.52 Å². The van der Waals surface area contributed by atoms with Crippen molar-refractivity contribution < 1.29 is 9.59 Å². The first-order valence-electron chi connectivity index (χ1n) is 9.45. The van der Waals surface area contributed by atoms with Crippen LogP contribution in [0.4, 0.5) is 0 Å². The van der Waals surface area contributed by atoms with Crippen molar-refractivity contribution in [3.8, 4) is 0 Å². The molecule has 1 saturated heterocycles. The lowest BCUT2D eigenvalue weighted by Crippen LogP contribution is -2.51. The molecule has 3 rings (SSSR count). The van der Waals surface area contributed by atoms with Gasteiger partial charge in [-0.2, -0.15) is 5.10 Å². The molecule has 1 fully saturated rings. The predicted molar refractivity (Wildman–Crippen MR) is 105 cm³/mol. The monoisotopic (exact) mass is 372 g/mol. The van der Waals surface area contributed by atoms with Crippen LogP contribution in [0.1, 0.15) is 23.8 Å². The quantitative estimate of drug-likeness (QED) is 0.656. The number of carbonyl (C=O) groups excluding carboxylic acids is 2. The number of aromatic amines is 1. The summed E-state index contributed by atoms with van der Waals surface area (Å²) in [5, 5.41) is 13.4. The van der Waals surface area contributed by atoms with Crippen molar-refractivity contribution in [1.82, 2.24) is 30.6 Å². The van der Waals surface area contributed by atoms with E-state index < -0.39 is 0 Å². The second-order valence-electron chi connectivity index (χ2n) is 7.12. The summed E-state index contributed by atoms with van der Waals surface area (Å²) < 4.78 is 0. The Kier molecular flexibility index (Phi) is 6.41. The summed E-state index contributed by atoms with van der Waals surface area (Å²) in [5.74, 6) is -0.325. The van der Waals surface area contributed by atoms with Crippen LogP contribution in [0, 0.1) is 0 Å². The van der Waals surface area contributed by atoms with Gasteiger partial charge in [0.15, 0.2) is 5.69 Å². The molecule has 1 unspecified atom stereocenters. The molecule has 0 spiro atoms. The van der Waals surface area contributed by atoms with E-state index in [0.717, 1.165) is 37.1 Å². The number of piperazine rings is 1. The Morgan fingerprint density at radius 1 is 1.19 bits per heavy atom. The SMILES string of the molecule is CC(CNC(=O)CCNC(=O)c1n[nH]c2ccccc12)N1CCN(C)CC1. The molecular formula is C19H28N6O2. The van der Waals surface area contributed by atoms with E-state index in [-0.39, 0.29) is 24.8 Å². The maximum atomic E-state index is 12.3. The molecule has 1 aliphatic heterocycles. The number of likely N-dealkylation sites (N-methyl/N-ethyl adjacent to an activating group) is 1. The summed E-state index contributed by atoms with van der Waals surface area (Å²) in [6, 6.07) is 7.78. The van der Waals surface area contributed by atoms with E-state index in [2.05, 4.69) is 44.6 Å². The fourth-order valence-corrected chi connectivity index (χ4v) is 3.25. The van der Waals surface area contributed by atoms with Crippen LogP contribution in [0.2, 0.25) is 0 Å². The number of rotatable bonds is 7. The van der Waals surface area contributed by atoms with Crippen LogP contribution >= 0.6 is 0 Å². The van der Waals surface area contributed by atoms with Crippen LogP contribution in [0.25, 0.3) is 10.9 Å². The summed E-state index contributed by atoms with van der Waals surface area (Å²) in [4.78, 5) is 29.0. The third-order valence-electron chi connectivity index (χ3n) is 5.08. The highest BCUT2D eigenvalue weighted by Gasteiger charge is 2.19. The van der Waals surface area contributed by atoms with Crippen LogP contribution < -0.4 is 10.6 Å². The second kappa shape index (κ2) is 8.96. The molecule has 3 N–H and O–H groups in total. The lowest BCUT2D eigenvalue weighted by molar-refractivity contribution is -0.121. The van der Waals surface area contributed by atoms with Crippen molar-refractivity contribution in [3.63, 3.8) is 0 Å². The average Bonchev–Trinajstić information content (AvgIpc) is 3.11. The van der Waals surface area contributed by atoms with E-state index in [1.807, 2.05) is 24.3 Å². The number of amides is 2. The largest absolute Gasteiger partial charge is 0.354 e. The maximum Gasteiger partial charge on any atom is 0.272 e. The molecule has 2 heterocycles. The van der Waals surface area contributed by atoms with E-state index in [1.165, 1.54) is 0 Å². The first-order chi connectivity index (χ1) is 13.0. The molecule has 27 heavy (non-hydrogen) atoms. The first-order valence-corrected chi connectivity index (χ1v) is 9.45. The number of hydrogen-bond donors (Lipinski definition) is 3. The van der Waals surface area contributed by atoms with Gasteiger partial charge in [-0.1, -0.05) is 18.2 Å². The Balaban J connectivity index is 1.37. The van der Waals surface area contributed by atoms with Gasteiger partial charge in [0.2, 0.25) is 5.91 Å². The normalized spacial score (nSPS) is 17.0. The van der Waals surface area contributed by atoms with E-state index in [9.17, 15) is 9.59 Å². The van der Waals surface area contributed by atoms with Crippen LogP contribution in [-0.2, 0) is 4.79 Å². The minimum Gasteiger partial charge on any atom is -0.354 e. The number of H-pyrrole nitrogens is 1. The lowest BCUT2D eigenvalue weighted by Gasteiger charge is -2.36. The van der Waals surface area contributed by atoms with Gasteiger partial charge in [-0.05, 0) is 20.0 Å². The molecule has 146 valence electrons. The molecule has 1 atom stereocenters. The standard InChI is InChI=1S/C19H28N6O2/c1-14(25-11-9-24(2)10-12-25)13-21-17(26)7-8-20-19(27)18-15-5-3-4-6-16(15)22-23-18/h3-6,14H,7-13H2,1-2H3,(H,20,27)(H,21,26)(H,22,23). The minimum absolute atomic E-state index is 0.0526. The van der Waals surface area contributed by atoms with Crippen LogP contribution in [0.5, 0.6) is 0 Å². The van der Waals surface area contributed by atoms with E-state index in [4.69, 9.17) is 0 Å². The topological polar surface area (TPSA) is 93.4 Å². The van der Waals surface area contributed by atoms with Crippen molar-refractivity contribution in [1.29, 1.82) is 0 Å². The summed E-state index contributed by atoms with van der Waals surface area (Å²) >= 11 is 0. The van der Waals surface area contributed by atoms with E-state index >= 15 is 0 Å². The number of benzene rings is 1. The van der Waals surface area contributed by atoms with Crippen molar-refractivity contribution in [2.45, 2.75) is 19.4 Å². The summed E-state index contributed by atoms with van der Waals surface area (Å²) in [7, 11) is 2.13. The fraction of sp³-hybridized carbons (Fsp3) is 0.526. The van der Waals surface area contributed by atoms with E-state index in [0.29, 0.717) is 18.3 Å². The van der Waals surface area contributed by atoms with Gasteiger partial charge in [-0.3, -0.25) is 19.6 Å². The van der Waals surface area contributed by atoms with Gasteiger partial charge in [-0.15, -0.1) is 0 Å². The zero-order valence-corrected chi connectivity index (χ0v) is 16.0. The zero-order valence-electron chi connectivity index (χ0n) is 16.0. The zero-order chi connectivity index (χ0) is 19.2. The Morgan fingerprint density at radius 2 is 1.93 bits per heavy atom. The molecule has 0 aliphatic carbocycles. The second-order valence-corrected chi connectivity index (χ2v) is 7.12. The molecule has 0 bridgehead atoms. The van der Waals surface area contributed by atoms with Gasteiger partial charge < -0.3 is 15.5 Å². The number of hydrogen-bond acceptors (Lipinski definition) is 5. The Bertz CT molecular complexity index is 781. The third-order valence-corrected chi connectivity index (χ3v) is 5.08. The number of nitrogens with zero attached hydrogens (tertiary/aromatic N) is 3. The highest BCUT2D eigenvalue weighted by atomic mass is 16.2. The van der Waals surface area contributed by atoms with Gasteiger partial charge >= 0.3 is 0 Å². The smallest absolute Gasteiger partial charge is 0.272 e. The molecule has 1 aliphatic rings. The number of para-hydroxylation sites is 1. The molecular weight excluding hydrogens is 344 g/mol. The molecule has 0 saturated carbocycles. The maximum absolute atomic E-state index is 12.3. The van der Waals surface area contributed by atoms with Crippen molar-refractivity contribution in [3.05, 3.63) is 30.0 Å². The summed E-state index contributed by atoms with van der Waals surface area (Å²) in [6.45, 7) is 7.23. The van der Waals surface area contributed by atoms with Crippen LogP contribution in [0.15, 0.2) is 24.3 Å². The Morgan fingerprint density at radius 3 is 2.70 bits per heavy atom. The average molecular weight is 372 g/mol. The van der Waals surface area contributed by atoms with Crippen molar-refractivity contribution in [2.24, 2.45) is 0 Å². The number of carbonyl (C=O) groups is 2. The number of aromatic nitrogens is 2. The molecule has 8 nitrogen and oxygen atoms in total. The molecule has 2 aromatic rings. The van der Waals surface area contributed by atoms with Gasteiger partial charge in [0, 0.05) is 57.1 Å². The Hall–Kier alpha value is -2.45. The number of fused-ring (bicyclic) bond motifs is 1. The number of nitrogens with one attached hydrogen (secondary N) is 3. The van der Waals surface area contributed by atoms with Crippen molar-refractivity contribution in [2.75, 3.05) is 46.3 Å².